The van der Waals surface area contributed by atoms with Crippen LogP contribution in [0.5, 0.6) is 5.75 Å². The predicted molar refractivity (Wildman–Crippen MR) is 47.6 cm³/mol. The summed E-state index contributed by atoms with van der Waals surface area (Å²) in [6.07, 6.45) is 3.74. The highest BCUT2D eigenvalue weighted by atomic mass is 16.6. The van der Waals surface area contributed by atoms with Crippen molar-refractivity contribution in [2.75, 3.05) is 7.05 Å². The molecule has 0 aliphatic rings. The molecule has 5 nitrogen and oxygen atoms in total. The van der Waals surface area contributed by atoms with Gasteiger partial charge in [0.25, 0.3) is 0 Å². The van der Waals surface area contributed by atoms with Gasteiger partial charge in [0, 0.05) is 13.6 Å². The van der Waals surface area contributed by atoms with Gasteiger partial charge in [0.2, 0.25) is 0 Å². The van der Waals surface area contributed by atoms with Crippen molar-refractivity contribution < 1.29 is 9.53 Å². The van der Waals surface area contributed by atoms with Gasteiger partial charge in [-0.05, 0) is 6.42 Å². The average molecular weight is 183 g/mol. The van der Waals surface area contributed by atoms with Crippen LogP contribution in [0, 0.1) is 0 Å². The van der Waals surface area contributed by atoms with Gasteiger partial charge in [0.15, 0.2) is 5.75 Å². The van der Waals surface area contributed by atoms with Crippen LogP contribution in [-0.2, 0) is 6.54 Å². The van der Waals surface area contributed by atoms with E-state index in [0.29, 0.717) is 5.75 Å². The molecule has 0 saturated carbocycles. The van der Waals surface area contributed by atoms with Gasteiger partial charge in [0.1, 0.15) is 0 Å². The molecule has 0 bridgehead atoms. The van der Waals surface area contributed by atoms with Crippen molar-refractivity contribution in [3.8, 4) is 5.75 Å². The molecule has 0 atom stereocenters. The molecule has 1 aromatic rings. The van der Waals surface area contributed by atoms with Gasteiger partial charge in [-0.2, -0.15) is 5.10 Å². The number of ether oxygens (including phenoxy) is 1. The third-order valence-electron chi connectivity index (χ3n) is 1.48. The summed E-state index contributed by atoms with van der Waals surface area (Å²) in [5.74, 6) is 0.466. The van der Waals surface area contributed by atoms with E-state index >= 15 is 0 Å². The molecule has 5 heteroatoms. The third kappa shape index (κ3) is 2.77. The molecule has 72 valence electrons. The third-order valence-corrected chi connectivity index (χ3v) is 1.48. The van der Waals surface area contributed by atoms with Gasteiger partial charge < -0.3 is 10.1 Å². The van der Waals surface area contributed by atoms with Crippen LogP contribution >= 0.6 is 0 Å². The summed E-state index contributed by atoms with van der Waals surface area (Å²) < 4.78 is 6.59. The first kappa shape index (κ1) is 9.57. The highest BCUT2D eigenvalue weighted by Crippen LogP contribution is 2.08. The van der Waals surface area contributed by atoms with Crippen LogP contribution < -0.4 is 10.1 Å². The molecular weight excluding hydrogens is 170 g/mol. The number of hydrogen-bond donors (Lipinski definition) is 1. The molecule has 1 amide bonds. The molecule has 0 radical (unpaired) electrons. The first-order chi connectivity index (χ1) is 6.26. The lowest BCUT2D eigenvalue weighted by Crippen LogP contribution is -2.21. The Balaban J connectivity index is 2.53. The van der Waals surface area contributed by atoms with Crippen molar-refractivity contribution in [3.05, 3.63) is 12.4 Å². The summed E-state index contributed by atoms with van der Waals surface area (Å²) in [5.41, 5.74) is 0. The summed E-state index contributed by atoms with van der Waals surface area (Å²) >= 11 is 0. The van der Waals surface area contributed by atoms with Gasteiger partial charge in [-0.1, -0.05) is 6.92 Å². The summed E-state index contributed by atoms with van der Waals surface area (Å²) in [6.45, 7) is 2.89. The number of rotatable bonds is 3. The second-order valence-electron chi connectivity index (χ2n) is 2.58. The Kier molecular flexibility index (Phi) is 3.31. The fourth-order valence-electron chi connectivity index (χ4n) is 0.907. The first-order valence-corrected chi connectivity index (χ1v) is 4.18. The van der Waals surface area contributed by atoms with E-state index in [9.17, 15) is 4.79 Å². The molecular formula is C8H13N3O2. The quantitative estimate of drug-likeness (QED) is 0.760. The minimum absolute atomic E-state index is 0.466. The standard InChI is InChI=1S/C8H13N3O2/c1-3-4-11-6-7(5-10-11)13-8(12)9-2/h5-6H,3-4H2,1-2H3,(H,9,12). The second-order valence-corrected chi connectivity index (χ2v) is 2.58. The average Bonchev–Trinajstić information content (AvgIpc) is 2.53. The summed E-state index contributed by atoms with van der Waals surface area (Å²) in [7, 11) is 1.51. The number of amides is 1. The van der Waals surface area contributed by atoms with E-state index in [1.165, 1.54) is 13.2 Å². The van der Waals surface area contributed by atoms with E-state index in [-0.39, 0.29) is 0 Å². The normalized spacial score (nSPS) is 9.69. The van der Waals surface area contributed by atoms with Crippen molar-refractivity contribution in [2.45, 2.75) is 19.9 Å². The maximum Gasteiger partial charge on any atom is 0.412 e. The van der Waals surface area contributed by atoms with Crippen LogP contribution in [0.4, 0.5) is 4.79 Å². The zero-order chi connectivity index (χ0) is 9.68. The molecule has 0 spiro atoms. The topological polar surface area (TPSA) is 56.1 Å². The molecule has 1 aromatic heterocycles. The Morgan fingerprint density at radius 2 is 2.54 bits per heavy atom. The van der Waals surface area contributed by atoms with Crippen LogP contribution in [0.3, 0.4) is 0 Å². The molecule has 0 aliphatic carbocycles. The van der Waals surface area contributed by atoms with E-state index in [1.54, 1.807) is 10.9 Å². The molecule has 0 saturated heterocycles. The summed E-state index contributed by atoms with van der Waals surface area (Å²) in [6, 6.07) is 0. The number of aryl methyl sites for hydroxylation is 1. The SMILES string of the molecule is CCCn1cc(OC(=O)NC)cn1. The van der Waals surface area contributed by atoms with E-state index in [1.807, 2.05) is 0 Å². The van der Waals surface area contributed by atoms with Gasteiger partial charge in [-0.3, -0.25) is 4.68 Å². The number of carbonyl (C=O) groups is 1. The van der Waals surface area contributed by atoms with E-state index in [0.717, 1.165) is 13.0 Å². The zero-order valence-electron chi connectivity index (χ0n) is 7.78. The predicted octanol–water partition coefficient (Wildman–Crippen LogP) is 1.01. The van der Waals surface area contributed by atoms with Crippen molar-refractivity contribution in [3.63, 3.8) is 0 Å². The van der Waals surface area contributed by atoms with Gasteiger partial charge in [-0.15, -0.1) is 0 Å². The minimum atomic E-state index is -0.476. The van der Waals surface area contributed by atoms with Crippen molar-refractivity contribution >= 4 is 6.09 Å². The fourth-order valence-corrected chi connectivity index (χ4v) is 0.907. The van der Waals surface area contributed by atoms with Crippen LogP contribution in [0.1, 0.15) is 13.3 Å². The van der Waals surface area contributed by atoms with Crippen molar-refractivity contribution in [1.82, 2.24) is 15.1 Å². The summed E-state index contributed by atoms with van der Waals surface area (Å²) in [4.78, 5) is 10.8. The molecule has 0 aliphatic heterocycles. The minimum Gasteiger partial charge on any atom is -0.407 e. The van der Waals surface area contributed by atoms with Crippen LogP contribution in [-0.4, -0.2) is 22.9 Å². The van der Waals surface area contributed by atoms with Crippen molar-refractivity contribution in [1.29, 1.82) is 0 Å². The highest BCUT2D eigenvalue weighted by Gasteiger charge is 2.03. The van der Waals surface area contributed by atoms with Crippen LogP contribution in [0.25, 0.3) is 0 Å². The lowest BCUT2D eigenvalue weighted by molar-refractivity contribution is 0.203. The molecule has 0 aromatic carbocycles. The van der Waals surface area contributed by atoms with Gasteiger partial charge >= 0.3 is 6.09 Å². The lowest BCUT2D eigenvalue weighted by Gasteiger charge is -1.98. The zero-order valence-corrected chi connectivity index (χ0v) is 7.78. The van der Waals surface area contributed by atoms with Gasteiger partial charge in [0.05, 0.1) is 12.4 Å². The number of carbonyl (C=O) groups excluding carboxylic acids is 1. The summed E-state index contributed by atoms with van der Waals surface area (Å²) in [5, 5.41) is 6.36. The second kappa shape index (κ2) is 4.49. The Labute approximate surface area is 76.7 Å². The van der Waals surface area contributed by atoms with Gasteiger partial charge in [-0.25, -0.2) is 4.79 Å². The Morgan fingerprint density at radius 3 is 3.15 bits per heavy atom. The van der Waals surface area contributed by atoms with Crippen molar-refractivity contribution in [2.24, 2.45) is 0 Å². The number of nitrogens with one attached hydrogen (secondary N) is 1. The monoisotopic (exact) mass is 183 g/mol. The fraction of sp³-hybridized carbons (Fsp3) is 0.500. The molecule has 0 fully saturated rings. The molecule has 13 heavy (non-hydrogen) atoms. The van der Waals surface area contributed by atoms with Crippen LogP contribution in [0.15, 0.2) is 12.4 Å². The highest BCUT2D eigenvalue weighted by molar-refractivity contribution is 5.69. The Hall–Kier alpha value is -1.52. The molecule has 1 heterocycles. The smallest absolute Gasteiger partial charge is 0.407 e. The molecule has 1 rings (SSSR count). The Bertz CT molecular complexity index is 283. The number of aromatic nitrogens is 2. The maximum absolute atomic E-state index is 10.8. The maximum atomic E-state index is 10.8. The van der Waals surface area contributed by atoms with E-state index in [2.05, 4.69) is 17.3 Å². The largest absolute Gasteiger partial charge is 0.412 e. The van der Waals surface area contributed by atoms with E-state index < -0.39 is 6.09 Å². The van der Waals surface area contributed by atoms with Crippen LogP contribution in [0.2, 0.25) is 0 Å². The number of hydrogen-bond acceptors (Lipinski definition) is 3. The number of nitrogens with zero attached hydrogens (tertiary/aromatic N) is 2. The molecule has 0 unspecified atom stereocenters. The Morgan fingerprint density at radius 1 is 1.77 bits per heavy atom. The first-order valence-electron chi connectivity index (χ1n) is 4.18. The lowest BCUT2D eigenvalue weighted by atomic mass is 10.5. The van der Waals surface area contributed by atoms with E-state index in [4.69, 9.17) is 4.74 Å². The molecule has 1 N–H and O–H groups in total.